The van der Waals surface area contributed by atoms with Crippen molar-refractivity contribution in [3.63, 3.8) is 0 Å². The summed E-state index contributed by atoms with van der Waals surface area (Å²) in [6.45, 7) is 3.97. The molecule has 1 unspecified atom stereocenters. The molecule has 7 heteroatoms. The fourth-order valence-corrected chi connectivity index (χ4v) is 2.86. The highest BCUT2D eigenvalue weighted by Gasteiger charge is 2.12. The van der Waals surface area contributed by atoms with Gasteiger partial charge in [0, 0.05) is 24.7 Å². The fourth-order valence-electron chi connectivity index (χ4n) is 1.72. The summed E-state index contributed by atoms with van der Waals surface area (Å²) in [5.74, 6) is -0.304. The molecule has 0 radical (unpaired) electrons. The monoisotopic (exact) mass is 313 g/mol. The van der Waals surface area contributed by atoms with Gasteiger partial charge in [-0.25, -0.2) is 13.1 Å². The van der Waals surface area contributed by atoms with Gasteiger partial charge in [-0.1, -0.05) is 19.1 Å². The molecule has 1 aromatic carbocycles. The summed E-state index contributed by atoms with van der Waals surface area (Å²) in [4.78, 5) is 11.5. The first-order valence-electron chi connectivity index (χ1n) is 6.93. The Morgan fingerprint density at radius 1 is 1.38 bits per heavy atom. The number of benzene rings is 1. The molecule has 0 saturated heterocycles. The van der Waals surface area contributed by atoms with Crippen LogP contribution in [0, 0.1) is 0 Å². The number of nitrogen functional groups attached to an aromatic ring is 1. The van der Waals surface area contributed by atoms with E-state index < -0.39 is 10.0 Å². The SMILES string of the molecule is CCC(C)NC(=O)CCNS(=O)(=O)Cc1cccc(N)c1. The first-order chi connectivity index (χ1) is 9.82. The van der Waals surface area contributed by atoms with E-state index in [0.29, 0.717) is 11.3 Å². The normalized spacial score (nSPS) is 12.9. The Labute approximate surface area is 126 Å². The van der Waals surface area contributed by atoms with Gasteiger partial charge in [0.05, 0.1) is 5.75 Å². The molecule has 1 rings (SSSR count). The first-order valence-corrected chi connectivity index (χ1v) is 8.58. The van der Waals surface area contributed by atoms with Gasteiger partial charge in [-0.15, -0.1) is 0 Å². The zero-order valence-corrected chi connectivity index (χ0v) is 13.2. The summed E-state index contributed by atoms with van der Waals surface area (Å²) < 4.78 is 26.2. The van der Waals surface area contributed by atoms with Crippen molar-refractivity contribution in [1.29, 1.82) is 0 Å². The average Bonchev–Trinajstić information content (AvgIpc) is 2.37. The van der Waals surface area contributed by atoms with Gasteiger partial charge in [-0.05, 0) is 31.0 Å². The van der Waals surface area contributed by atoms with E-state index in [0.717, 1.165) is 6.42 Å². The maximum Gasteiger partial charge on any atom is 0.221 e. The Kier molecular flexibility index (Phi) is 6.64. The Balaban J connectivity index is 2.41. The van der Waals surface area contributed by atoms with E-state index in [1.165, 1.54) is 0 Å². The van der Waals surface area contributed by atoms with Crippen molar-refractivity contribution in [1.82, 2.24) is 10.0 Å². The first kappa shape index (κ1) is 17.5. The molecule has 0 aliphatic rings. The molecule has 0 aliphatic carbocycles. The van der Waals surface area contributed by atoms with E-state index >= 15 is 0 Å². The lowest BCUT2D eigenvalue weighted by atomic mass is 10.2. The van der Waals surface area contributed by atoms with Crippen LogP contribution in [0.4, 0.5) is 5.69 Å². The van der Waals surface area contributed by atoms with Crippen LogP contribution in [-0.2, 0) is 20.6 Å². The van der Waals surface area contributed by atoms with Crippen LogP contribution in [0.15, 0.2) is 24.3 Å². The third kappa shape index (κ3) is 7.10. The van der Waals surface area contributed by atoms with Gasteiger partial charge in [0.25, 0.3) is 0 Å². The highest BCUT2D eigenvalue weighted by Crippen LogP contribution is 2.09. The molecule has 1 amide bonds. The van der Waals surface area contributed by atoms with E-state index in [-0.39, 0.29) is 30.7 Å². The number of nitrogens with one attached hydrogen (secondary N) is 2. The molecule has 21 heavy (non-hydrogen) atoms. The molecule has 0 fully saturated rings. The van der Waals surface area contributed by atoms with E-state index in [1.54, 1.807) is 24.3 Å². The molecule has 6 nitrogen and oxygen atoms in total. The third-order valence-electron chi connectivity index (χ3n) is 3.00. The maximum atomic E-state index is 11.9. The van der Waals surface area contributed by atoms with Crippen LogP contribution >= 0.6 is 0 Å². The fraction of sp³-hybridized carbons (Fsp3) is 0.500. The van der Waals surface area contributed by atoms with Gasteiger partial charge in [0.15, 0.2) is 0 Å². The number of nitrogens with two attached hydrogens (primary N) is 1. The number of anilines is 1. The number of rotatable bonds is 8. The zero-order valence-electron chi connectivity index (χ0n) is 12.4. The molecule has 0 aromatic heterocycles. The van der Waals surface area contributed by atoms with Crippen LogP contribution in [-0.4, -0.2) is 26.9 Å². The summed E-state index contributed by atoms with van der Waals surface area (Å²) in [7, 11) is -3.47. The van der Waals surface area contributed by atoms with Gasteiger partial charge in [-0.2, -0.15) is 0 Å². The number of carbonyl (C=O) groups is 1. The van der Waals surface area contributed by atoms with Crippen molar-refractivity contribution in [2.75, 3.05) is 12.3 Å². The molecule has 1 atom stereocenters. The van der Waals surface area contributed by atoms with E-state index in [4.69, 9.17) is 5.73 Å². The molecular formula is C14H23N3O3S. The highest BCUT2D eigenvalue weighted by molar-refractivity contribution is 7.88. The number of amides is 1. The smallest absolute Gasteiger partial charge is 0.221 e. The number of hydrogen-bond donors (Lipinski definition) is 3. The Morgan fingerprint density at radius 3 is 2.71 bits per heavy atom. The summed E-state index contributed by atoms with van der Waals surface area (Å²) in [6.07, 6.45) is 0.966. The molecule has 0 aliphatic heterocycles. The second-order valence-electron chi connectivity index (χ2n) is 5.03. The van der Waals surface area contributed by atoms with Gasteiger partial charge in [0.2, 0.25) is 15.9 Å². The maximum absolute atomic E-state index is 11.9. The van der Waals surface area contributed by atoms with Crippen molar-refractivity contribution in [2.24, 2.45) is 0 Å². The van der Waals surface area contributed by atoms with E-state index in [9.17, 15) is 13.2 Å². The number of carbonyl (C=O) groups excluding carboxylic acids is 1. The Hall–Kier alpha value is -1.60. The van der Waals surface area contributed by atoms with Crippen LogP contribution in [0.5, 0.6) is 0 Å². The summed E-state index contributed by atoms with van der Waals surface area (Å²) in [5, 5.41) is 2.78. The minimum absolute atomic E-state index is 0.0902. The lowest BCUT2D eigenvalue weighted by Crippen LogP contribution is -2.35. The van der Waals surface area contributed by atoms with Crippen LogP contribution in [0.3, 0.4) is 0 Å². The average molecular weight is 313 g/mol. The van der Waals surface area contributed by atoms with Gasteiger partial charge < -0.3 is 11.1 Å². The minimum Gasteiger partial charge on any atom is -0.399 e. The third-order valence-corrected chi connectivity index (χ3v) is 4.36. The minimum atomic E-state index is -3.47. The van der Waals surface area contributed by atoms with Crippen LogP contribution < -0.4 is 15.8 Å². The van der Waals surface area contributed by atoms with Crippen molar-refractivity contribution in [3.8, 4) is 0 Å². The molecule has 0 heterocycles. The molecule has 1 aromatic rings. The second kappa shape index (κ2) is 7.99. The largest absolute Gasteiger partial charge is 0.399 e. The van der Waals surface area contributed by atoms with Crippen molar-refractivity contribution in [3.05, 3.63) is 29.8 Å². The number of hydrogen-bond acceptors (Lipinski definition) is 4. The number of sulfonamides is 1. The topological polar surface area (TPSA) is 101 Å². The van der Waals surface area contributed by atoms with Crippen molar-refractivity contribution in [2.45, 2.75) is 38.5 Å². The lowest BCUT2D eigenvalue weighted by Gasteiger charge is -2.11. The van der Waals surface area contributed by atoms with Crippen LogP contribution in [0.1, 0.15) is 32.3 Å². The molecule has 0 saturated carbocycles. The Morgan fingerprint density at radius 2 is 2.10 bits per heavy atom. The standard InChI is InChI=1S/C14H23N3O3S/c1-3-11(2)17-14(18)7-8-16-21(19,20)10-12-5-4-6-13(15)9-12/h4-6,9,11,16H,3,7-8,10,15H2,1-2H3,(H,17,18). The molecule has 0 bridgehead atoms. The summed E-state index contributed by atoms with van der Waals surface area (Å²) in [6, 6.07) is 6.82. The van der Waals surface area contributed by atoms with Crippen LogP contribution in [0.25, 0.3) is 0 Å². The van der Waals surface area contributed by atoms with Crippen LogP contribution in [0.2, 0.25) is 0 Å². The lowest BCUT2D eigenvalue weighted by molar-refractivity contribution is -0.121. The van der Waals surface area contributed by atoms with Gasteiger partial charge in [-0.3, -0.25) is 4.79 Å². The quantitative estimate of drug-likeness (QED) is 0.623. The highest BCUT2D eigenvalue weighted by atomic mass is 32.2. The summed E-state index contributed by atoms with van der Waals surface area (Å²) in [5.41, 5.74) is 6.75. The van der Waals surface area contributed by atoms with E-state index in [2.05, 4.69) is 10.0 Å². The Bertz CT molecular complexity index is 573. The zero-order chi connectivity index (χ0) is 15.9. The summed E-state index contributed by atoms with van der Waals surface area (Å²) >= 11 is 0. The van der Waals surface area contributed by atoms with Crippen molar-refractivity contribution < 1.29 is 13.2 Å². The van der Waals surface area contributed by atoms with E-state index in [1.807, 2.05) is 13.8 Å². The molecular weight excluding hydrogens is 290 g/mol. The van der Waals surface area contributed by atoms with Crippen molar-refractivity contribution >= 4 is 21.6 Å². The van der Waals surface area contributed by atoms with Gasteiger partial charge >= 0.3 is 0 Å². The molecule has 4 N–H and O–H groups in total. The van der Waals surface area contributed by atoms with Gasteiger partial charge in [0.1, 0.15) is 0 Å². The second-order valence-corrected chi connectivity index (χ2v) is 6.83. The predicted octanol–water partition coefficient (Wildman–Crippen LogP) is 0.993. The molecule has 118 valence electrons. The molecule has 0 spiro atoms. The predicted molar refractivity (Wildman–Crippen MR) is 84.0 cm³/mol.